The third kappa shape index (κ3) is 14.1. The summed E-state index contributed by atoms with van der Waals surface area (Å²) in [4.78, 5) is 47.0. The Morgan fingerprint density at radius 1 is 0.168 bits per heavy atom. The SMILES string of the molecule is CC1(C)c2ccccc2-c2cc3c(cc21)c1ccccc1n3-c1nc(-c2cccc(-c3ccccc3)c2)nc(-c2cccc3sc4ccccc4c23)n1.c1ccc(-c2nc(-c3ccc4c(c3)sc3ccccc34)nc(-n3c4ccccc4c4cc5sc6ccccc6c5cc43)n2)cc1.c1ccc(-c2nc(-c3ccc4sc5ccccc5c4c3)nc(-n3c4ccccc4c4cc5c(cc43)c3ccccc3n5-c3ccccc3)n2)cc1. The Morgan fingerprint density at radius 3 is 1.07 bits per heavy atom. The third-order valence-corrected chi connectivity index (χ3v) is 34.3. The maximum absolute atomic E-state index is 5.40. The fraction of sp³-hybridized carbons (Fsp3) is 0.0227. The first-order valence-electron chi connectivity index (χ1n) is 49.9. The van der Waals surface area contributed by atoms with E-state index in [4.69, 9.17) is 44.9 Å². The predicted octanol–water partition coefficient (Wildman–Crippen LogP) is 35.5. The molecule has 1 aliphatic carbocycles. The molecular formula is C132H81N13S4. The zero-order valence-electron chi connectivity index (χ0n) is 80.2. The van der Waals surface area contributed by atoms with Crippen LogP contribution in [0.5, 0.6) is 0 Å². The molecule has 0 amide bonds. The topological polar surface area (TPSA) is 136 Å². The summed E-state index contributed by atoms with van der Waals surface area (Å²) in [5, 5.41) is 19.3. The lowest BCUT2D eigenvalue weighted by Gasteiger charge is -2.21. The number of benzene rings is 20. The van der Waals surface area contributed by atoms with Gasteiger partial charge in [0.2, 0.25) is 17.8 Å². The second kappa shape index (κ2) is 34.4. The lowest BCUT2D eigenvalue weighted by molar-refractivity contribution is 0.661. The molecule has 0 bridgehead atoms. The van der Waals surface area contributed by atoms with Crippen molar-refractivity contribution in [3.63, 3.8) is 0 Å². The van der Waals surface area contributed by atoms with E-state index in [2.05, 4.69) is 445 Å². The number of aromatic nitrogens is 13. The minimum atomic E-state index is -0.109. The molecule has 1 aliphatic rings. The zero-order valence-corrected chi connectivity index (χ0v) is 83.5. The van der Waals surface area contributed by atoms with Crippen molar-refractivity contribution in [3.05, 3.63) is 466 Å². The van der Waals surface area contributed by atoms with Crippen LogP contribution < -0.4 is 0 Å². The van der Waals surface area contributed by atoms with E-state index in [1.807, 2.05) is 65.1 Å². The molecule has 11 aromatic heterocycles. The van der Waals surface area contributed by atoms with Gasteiger partial charge in [0.05, 0.1) is 44.1 Å². The lowest BCUT2D eigenvalue weighted by Crippen LogP contribution is -2.14. The van der Waals surface area contributed by atoms with Gasteiger partial charge in [0.15, 0.2) is 34.9 Å². The van der Waals surface area contributed by atoms with Crippen LogP contribution in [0.15, 0.2) is 455 Å². The Morgan fingerprint density at radius 2 is 0.503 bits per heavy atom. The molecule has 0 spiro atoms. The third-order valence-electron chi connectivity index (χ3n) is 29.7. The summed E-state index contributed by atoms with van der Waals surface area (Å²) in [5.41, 5.74) is 23.1. The van der Waals surface area contributed by atoms with Crippen LogP contribution in [0.1, 0.15) is 25.0 Å². The normalized spacial score (nSPS) is 12.4. The van der Waals surface area contributed by atoms with Gasteiger partial charge in [-0.3, -0.25) is 13.7 Å². The number of hydrogen-bond acceptors (Lipinski definition) is 13. The van der Waals surface area contributed by atoms with Crippen LogP contribution in [0.2, 0.25) is 0 Å². The zero-order chi connectivity index (χ0) is 98.2. The molecule has 149 heavy (non-hydrogen) atoms. The largest absolute Gasteiger partial charge is 0.309 e. The molecule has 0 aliphatic heterocycles. The van der Waals surface area contributed by atoms with Gasteiger partial charge < -0.3 is 4.57 Å². The van der Waals surface area contributed by atoms with Crippen LogP contribution in [0.4, 0.5) is 0 Å². The number of nitrogens with zero attached hydrogens (tertiary/aromatic N) is 13. The first-order valence-corrected chi connectivity index (χ1v) is 53.2. The van der Waals surface area contributed by atoms with Crippen molar-refractivity contribution in [3.8, 4) is 114 Å². The van der Waals surface area contributed by atoms with Gasteiger partial charge in [-0.15, -0.1) is 45.3 Å². The second-order valence-electron chi connectivity index (χ2n) is 38.6. The summed E-state index contributed by atoms with van der Waals surface area (Å²) in [5.74, 6) is 5.68. The molecular weight excluding hydrogens is 1900 g/mol. The highest BCUT2D eigenvalue weighted by molar-refractivity contribution is 7.27. The van der Waals surface area contributed by atoms with Gasteiger partial charge in [0.25, 0.3) is 0 Å². The van der Waals surface area contributed by atoms with Crippen molar-refractivity contribution in [1.29, 1.82) is 0 Å². The van der Waals surface area contributed by atoms with E-state index < -0.39 is 0 Å². The molecule has 32 rings (SSSR count). The highest BCUT2D eigenvalue weighted by Gasteiger charge is 2.37. The highest BCUT2D eigenvalue weighted by Crippen LogP contribution is 2.53. The summed E-state index contributed by atoms with van der Waals surface area (Å²) in [6.45, 7) is 4.68. The summed E-state index contributed by atoms with van der Waals surface area (Å²) >= 11 is 7.26. The maximum Gasteiger partial charge on any atom is 0.238 e. The Balaban J connectivity index is 0.000000103. The van der Waals surface area contributed by atoms with E-state index in [-0.39, 0.29) is 5.41 Å². The average molecular weight is 1980 g/mol. The van der Waals surface area contributed by atoms with E-state index in [0.29, 0.717) is 52.8 Å². The Hall–Kier alpha value is -18.5. The molecule has 17 heteroatoms. The van der Waals surface area contributed by atoms with E-state index in [1.54, 1.807) is 22.7 Å². The summed E-state index contributed by atoms with van der Waals surface area (Å²) in [7, 11) is 0. The van der Waals surface area contributed by atoms with Crippen LogP contribution in [0, 0.1) is 0 Å². The van der Waals surface area contributed by atoms with Gasteiger partial charge in [0, 0.05) is 168 Å². The Bertz CT molecular complexity index is 11000. The second-order valence-corrected chi connectivity index (χ2v) is 42.9. The minimum absolute atomic E-state index is 0.109. The molecule has 31 aromatic rings. The molecule has 0 N–H and O–H groups in total. The van der Waals surface area contributed by atoms with Crippen molar-refractivity contribution in [2.75, 3.05) is 0 Å². The van der Waals surface area contributed by atoms with Crippen molar-refractivity contribution in [2.24, 2.45) is 0 Å². The van der Waals surface area contributed by atoms with Gasteiger partial charge in [-0.05, 0) is 167 Å². The molecule has 0 atom stereocenters. The molecule has 0 radical (unpaired) electrons. The number of rotatable bonds is 11. The molecule has 11 heterocycles. The quantitative estimate of drug-likeness (QED) is 0.124. The Kier molecular flexibility index (Phi) is 19.8. The molecule has 20 aromatic carbocycles. The van der Waals surface area contributed by atoms with Crippen LogP contribution in [-0.4, -0.2) is 63.1 Å². The molecule has 698 valence electrons. The first-order chi connectivity index (χ1) is 73.6. The Labute approximate surface area is 868 Å². The molecule has 13 nitrogen and oxygen atoms in total. The fourth-order valence-electron chi connectivity index (χ4n) is 22.8. The molecule has 0 fully saturated rings. The van der Waals surface area contributed by atoms with Crippen molar-refractivity contribution < 1.29 is 0 Å². The fourth-order valence-corrected chi connectivity index (χ4v) is 27.3. The standard InChI is InChI=1S/C48H32N4S.C45H27N5S.C39H22N4S2/c1-48(2)38-22-9-6-18-32(38)36-28-41-37(27-39(36)48)33-19-7-10-23-40(33)52(41)47-50-45(31-17-12-16-30(26-31)29-14-4-3-5-15-29)49-46(51-47)35-21-13-25-43-44(35)34-20-8-11-24-42(34)53-43;1-3-13-28(14-4-1)43-46-44(29-23-24-42-36(25-29)33-19-9-12-22-41(33)51-42)48-45(47-43)50-38-21-11-8-18-32(38)35-26-39-34(27-40(35)50)31-17-7-10-20-37(31)49(39)30-15-5-2-6-16-30;1-2-10-23(11-3-1)37-40-38(24-18-19-28-26-13-5-8-16-33(26)44-35(28)20-24)42-39(41-37)43-31-15-7-4-12-25(31)29-22-36-30(21-32(29)43)27-14-6-9-17-34(27)45-36/h3-28H,1-2H3;1-27H;1-22H. The van der Waals surface area contributed by atoms with Crippen LogP contribution in [-0.2, 0) is 5.41 Å². The number of hydrogen-bond donors (Lipinski definition) is 0. The molecule has 0 saturated carbocycles. The van der Waals surface area contributed by atoms with Crippen LogP contribution >= 0.6 is 45.3 Å². The minimum Gasteiger partial charge on any atom is -0.309 e. The van der Waals surface area contributed by atoms with Crippen molar-refractivity contribution in [2.45, 2.75) is 19.3 Å². The van der Waals surface area contributed by atoms with Gasteiger partial charge in [-0.2, -0.15) is 29.9 Å². The van der Waals surface area contributed by atoms with Gasteiger partial charge in [-0.1, -0.05) is 335 Å². The predicted molar refractivity (Wildman–Crippen MR) is 624 cm³/mol. The van der Waals surface area contributed by atoms with Crippen LogP contribution in [0.25, 0.3) is 282 Å². The summed E-state index contributed by atoms with van der Waals surface area (Å²) in [6.07, 6.45) is 0. The van der Waals surface area contributed by atoms with Crippen molar-refractivity contribution in [1.82, 2.24) is 63.1 Å². The van der Waals surface area contributed by atoms with Gasteiger partial charge in [-0.25, -0.2) is 15.0 Å². The van der Waals surface area contributed by atoms with Crippen molar-refractivity contribution >= 4 is 213 Å². The lowest BCUT2D eigenvalue weighted by atomic mass is 9.82. The summed E-state index contributed by atoms with van der Waals surface area (Å²) in [6, 6.07) is 161. The van der Waals surface area contributed by atoms with Gasteiger partial charge in [0.1, 0.15) is 0 Å². The molecule has 0 saturated heterocycles. The highest BCUT2D eigenvalue weighted by atomic mass is 32.1. The number of para-hydroxylation sites is 5. The molecule has 0 unspecified atom stereocenters. The maximum atomic E-state index is 5.40. The smallest absolute Gasteiger partial charge is 0.238 e. The first kappa shape index (κ1) is 86.0. The average Bonchev–Trinajstić information content (AvgIpc) is 1.55. The summed E-state index contributed by atoms with van der Waals surface area (Å²) < 4.78 is 19.1. The van der Waals surface area contributed by atoms with E-state index >= 15 is 0 Å². The number of thiophene rings is 4. The van der Waals surface area contributed by atoms with Crippen LogP contribution in [0.3, 0.4) is 0 Å². The number of fused-ring (bicyclic) bond motifs is 27. The van der Waals surface area contributed by atoms with E-state index in [1.165, 1.54) is 141 Å². The van der Waals surface area contributed by atoms with E-state index in [9.17, 15) is 0 Å². The van der Waals surface area contributed by atoms with Gasteiger partial charge >= 0.3 is 0 Å². The van der Waals surface area contributed by atoms with E-state index in [0.717, 1.165) is 99.6 Å². The monoisotopic (exact) mass is 1980 g/mol.